The van der Waals surface area contributed by atoms with Gasteiger partial charge >= 0.3 is 5.97 Å². The van der Waals surface area contributed by atoms with Crippen molar-refractivity contribution in [1.29, 1.82) is 0 Å². The highest BCUT2D eigenvalue weighted by Gasteiger charge is 2.15. The lowest BCUT2D eigenvalue weighted by molar-refractivity contribution is -0.136. The Kier molecular flexibility index (Phi) is 7.25. The summed E-state index contributed by atoms with van der Waals surface area (Å²) in [6.07, 6.45) is 1.51. The zero-order valence-corrected chi connectivity index (χ0v) is 16.5. The Balaban J connectivity index is 2.10. The van der Waals surface area contributed by atoms with E-state index in [1.807, 2.05) is 50.2 Å². The number of aryl methyl sites for hydroxylation is 2. The van der Waals surface area contributed by atoms with Gasteiger partial charge in [-0.25, -0.2) is 14.8 Å². The van der Waals surface area contributed by atoms with E-state index in [4.69, 9.17) is 21.7 Å². The zero-order valence-electron chi connectivity index (χ0n) is 15.7. The van der Waals surface area contributed by atoms with Crippen molar-refractivity contribution in [1.82, 2.24) is 15.3 Å². The van der Waals surface area contributed by atoms with Crippen molar-refractivity contribution in [2.45, 2.75) is 20.5 Å². The number of esters is 1. The summed E-state index contributed by atoms with van der Waals surface area (Å²) in [4.78, 5) is 22.4. The number of hydrogen-bond donors (Lipinski definition) is 1. The molecule has 1 N–H and O–H groups in total. The molecule has 7 nitrogen and oxygen atoms in total. The van der Waals surface area contributed by atoms with Gasteiger partial charge in [-0.2, -0.15) is 0 Å². The number of carbonyl (C=O) groups excluding carboxylic acids is 1. The van der Waals surface area contributed by atoms with Gasteiger partial charge < -0.3 is 19.7 Å². The minimum Gasteiger partial charge on any atom is -0.466 e. The van der Waals surface area contributed by atoms with E-state index in [0.29, 0.717) is 5.95 Å². The van der Waals surface area contributed by atoms with E-state index in [0.717, 1.165) is 17.0 Å². The Hall–Kier alpha value is -3.00. The first-order valence-electron chi connectivity index (χ1n) is 8.22. The fourth-order valence-corrected chi connectivity index (χ4v) is 2.40. The Morgan fingerprint density at radius 3 is 2.44 bits per heavy atom. The maximum absolute atomic E-state index is 12.1. The number of carbonyl (C=O) groups is 1. The molecule has 0 spiro atoms. The van der Waals surface area contributed by atoms with Crippen LogP contribution in [-0.2, 0) is 20.9 Å². The zero-order chi connectivity index (χ0) is 19.8. The third-order valence-electron chi connectivity index (χ3n) is 3.46. The Morgan fingerprint density at radius 1 is 1.22 bits per heavy atom. The van der Waals surface area contributed by atoms with Crippen molar-refractivity contribution in [3.63, 3.8) is 0 Å². The van der Waals surface area contributed by atoms with Gasteiger partial charge in [-0.15, -0.1) is 0 Å². The molecule has 27 heavy (non-hydrogen) atoms. The fraction of sp³-hybridized carbons (Fsp3) is 0.263. The fourth-order valence-electron chi connectivity index (χ4n) is 2.23. The number of rotatable bonds is 6. The molecule has 142 valence electrons. The Labute approximate surface area is 164 Å². The number of nitrogens with one attached hydrogen (secondary N) is 1. The second kappa shape index (κ2) is 9.63. The highest BCUT2D eigenvalue weighted by atomic mass is 32.1. The largest absolute Gasteiger partial charge is 0.466 e. The SMILES string of the molecule is COC(=O)/C(=C\N(C)c1nc(C)cc(C)n1)NC(=S)OCc1ccccc1. The molecule has 0 aliphatic rings. The second-order valence-electron chi connectivity index (χ2n) is 5.78. The molecule has 0 fully saturated rings. The Bertz CT molecular complexity index is 820. The minimum absolute atomic E-state index is 0.0604. The molecule has 0 aliphatic carbocycles. The summed E-state index contributed by atoms with van der Waals surface area (Å²) in [5.74, 6) is -0.135. The van der Waals surface area contributed by atoms with E-state index in [2.05, 4.69) is 15.3 Å². The van der Waals surface area contributed by atoms with E-state index >= 15 is 0 Å². The van der Waals surface area contributed by atoms with Gasteiger partial charge in [0.05, 0.1) is 7.11 Å². The van der Waals surface area contributed by atoms with Crippen molar-refractivity contribution in [3.8, 4) is 0 Å². The molecule has 0 unspecified atom stereocenters. The van der Waals surface area contributed by atoms with Crippen LogP contribution in [0.3, 0.4) is 0 Å². The normalized spacial score (nSPS) is 10.9. The number of aromatic nitrogens is 2. The predicted molar refractivity (Wildman–Crippen MR) is 107 cm³/mol. The Morgan fingerprint density at radius 2 is 1.85 bits per heavy atom. The topological polar surface area (TPSA) is 76.6 Å². The molecule has 0 saturated heterocycles. The summed E-state index contributed by atoms with van der Waals surface area (Å²) in [6.45, 7) is 4.04. The number of anilines is 1. The highest BCUT2D eigenvalue weighted by molar-refractivity contribution is 7.80. The monoisotopic (exact) mass is 386 g/mol. The standard InChI is InChI=1S/C19H22N4O3S/c1-13-10-14(2)21-18(20-13)23(3)11-16(17(24)25-4)22-19(27)26-12-15-8-6-5-7-9-15/h5-11H,12H2,1-4H3,(H,22,27)/b16-11+. The van der Waals surface area contributed by atoms with E-state index in [9.17, 15) is 4.79 Å². The van der Waals surface area contributed by atoms with Crippen molar-refractivity contribution >= 4 is 29.3 Å². The maximum atomic E-state index is 12.1. The number of thiocarbonyl (C=S) groups is 1. The van der Waals surface area contributed by atoms with Gasteiger partial charge in [0.1, 0.15) is 12.3 Å². The third-order valence-corrected chi connectivity index (χ3v) is 3.68. The van der Waals surface area contributed by atoms with Gasteiger partial charge in [-0.1, -0.05) is 30.3 Å². The molecule has 0 amide bonds. The van der Waals surface area contributed by atoms with Gasteiger partial charge in [-0.05, 0) is 37.7 Å². The van der Waals surface area contributed by atoms with Gasteiger partial charge in [0.25, 0.3) is 5.17 Å². The van der Waals surface area contributed by atoms with Gasteiger partial charge in [0, 0.05) is 24.6 Å². The number of hydrogen-bond acceptors (Lipinski definition) is 7. The van der Waals surface area contributed by atoms with Crippen LogP contribution >= 0.6 is 12.2 Å². The van der Waals surface area contributed by atoms with E-state index in [1.165, 1.54) is 13.3 Å². The molecule has 0 atom stereocenters. The molecule has 1 aromatic heterocycles. The van der Waals surface area contributed by atoms with Gasteiger partial charge in [-0.3, -0.25) is 0 Å². The number of ether oxygens (including phenoxy) is 2. The smallest absolute Gasteiger partial charge is 0.356 e. The van der Waals surface area contributed by atoms with Crippen LogP contribution in [0.1, 0.15) is 17.0 Å². The lowest BCUT2D eigenvalue weighted by Gasteiger charge is -2.17. The molecule has 1 heterocycles. The molecular weight excluding hydrogens is 364 g/mol. The molecule has 0 saturated carbocycles. The van der Waals surface area contributed by atoms with Crippen LogP contribution in [0.2, 0.25) is 0 Å². The maximum Gasteiger partial charge on any atom is 0.356 e. The molecule has 2 aromatic rings. The number of methoxy groups -OCH3 is 1. The number of nitrogens with zero attached hydrogens (tertiary/aromatic N) is 3. The molecule has 2 rings (SSSR count). The summed E-state index contributed by atoms with van der Waals surface area (Å²) in [7, 11) is 3.02. The van der Waals surface area contributed by atoms with Crippen LogP contribution < -0.4 is 10.2 Å². The predicted octanol–water partition coefficient (Wildman–Crippen LogP) is 2.64. The van der Waals surface area contributed by atoms with Crippen LogP contribution in [0, 0.1) is 13.8 Å². The van der Waals surface area contributed by atoms with Crippen LogP contribution in [-0.4, -0.2) is 35.3 Å². The summed E-state index contributed by atoms with van der Waals surface area (Å²) in [5, 5.41) is 2.83. The van der Waals surface area contributed by atoms with Crippen molar-refractivity contribution in [3.05, 3.63) is 65.2 Å². The lowest BCUT2D eigenvalue weighted by Crippen LogP contribution is -2.30. The third kappa shape index (κ3) is 6.34. The highest BCUT2D eigenvalue weighted by Crippen LogP contribution is 2.10. The van der Waals surface area contributed by atoms with E-state index in [-0.39, 0.29) is 17.5 Å². The van der Waals surface area contributed by atoms with Crippen molar-refractivity contribution in [2.75, 3.05) is 19.1 Å². The van der Waals surface area contributed by atoms with Crippen LogP contribution in [0.4, 0.5) is 5.95 Å². The average Bonchev–Trinajstić information content (AvgIpc) is 2.65. The van der Waals surface area contributed by atoms with E-state index < -0.39 is 5.97 Å². The second-order valence-corrected chi connectivity index (χ2v) is 6.15. The first kappa shape index (κ1) is 20.3. The first-order chi connectivity index (χ1) is 12.9. The van der Waals surface area contributed by atoms with Crippen molar-refractivity contribution < 1.29 is 14.3 Å². The van der Waals surface area contributed by atoms with Crippen LogP contribution in [0.5, 0.6) is 0 Å². The van der Waals surface area contributed by atoms with E-state index in [1.54, 1.807) is 11.9 Å². The first-order valence-corrected chi connectivity index (χ1v) is 8.63. The molecule has 0 aliphatic heterocycles. The van der Waals surface area contributed by atoms with Gasteiger partial charge in [0.2, 0.25) is 5.95 Å². The summed E-state index contributed by atoms with van der Waals surface area (Å²) in [5.41, 5.74) is 2.73. The number of benzene rings is 1. The summed E-state index contributed by atoms with van der Waals surface area (Å²) < 4.78 is 10.3. The molecule has 0 bridgehead atoms. The molecular formula is C19H22N4O3S. The average molecular weight is 386 g/mol. The molecule has 8 heteroatoms. The lowest BCUT2D eigenvalue weighted by atomic mass is 10.2. The minimum atomic E-state index is -0.586. The van der Waals surface area contributed by atoms with Gasteiger partial charge in [0.15, 0.2) is 0 Å². The summed E-state index contributed by atoms with van der Waals surface area (Å²) in [6, 6.07) is 11.5. The van der Waals surface area contributed by atoms with Crippen LogP contribution in [0.25, 0.3) is 0 Å². The van der Waals surface area contributed by atoms with Crippen LogP contribution in [0.15, 0.2) is 48.3 Å². The molecule has 0 radical (unpaired) electrons. The molecule has 1 aromatic carbocycles. The van der Waals surface area contributed by atoms with Crippen molar-refractivity contribution in [2.24, 2.45) is 0 Å². The summed E-state index contributed by atoms with van der Waals surface area (Å²) >= 11 is 5.18. The quantitative estimate of drug-likeness (QED) is 0.461.